The molecule has 0 saturated carbocycles. The molecular formula is C74H76F6N4O9. The van der Waals surface area contributed by atoms with Crippen LogP contribution in [0.4, 0.5) is 49.1 Å². The van der Waals surface area contributed by atoms with Crippen LogP contribution in [0.5, 0.6) is 5.75 Å². The van der Waals surface area contributed by atoms with E-state index in [9.17, 15) is 64.7 Å². The highest BCUT2D eigenvalue weighted by Crippen LogP contribution is 2.50. The fourth-order valence-corrected chi connectivity index (χ4v) is 13.2. The fourth-order valence-electron chi connectivity index (χ4n) is 13.2. The third kappa shape index (κ3) is 14.8. The second kappa shape index (κ2) is 30.0. The van der Waals surface area contributed by atoms with E-state index in [1.807, 2.05) is 71.9 Å². The highest BCUT2D eigenvalue weighted by molar-refractivity contribution is 6.23. The number of nitrogens with one attached hydrogen (secondary N) is 1. The van der Waals surface area contributed by atoms with Gasteiger partial charge < -0.3 is 10.1 Å². The van der Waals surface area contributed by atoms with Crippen LogP contribution in [-0.2, 0) is 41.1 Å². The molecule has 0 radical (unpaired) electrons. The van der Waals surface area contributed by atoms with Crippen molar-refractivity contribution in [1.29, 1.82) is 0 Å². The number of hydrogen-bond acceptors (Lipinski definition) is 9. The molecule has 0 aromatic heterocycles. The highest BCUT2D eigenvalue weighted by Gasteiger charge is 2.49. The Kier molecular flexibility index (Phi) is 22.5. The summed E-state index contributed by atoms with van der Waals surface area (Å²) in [6.45, 7) is 15.9. The van der Waals surface area contributed by atoms with E-state index in [0.717, 1.165) is 58.0 Å². The van der Waals surface area contributed by atoms with E-state index < -0.39 is 29.4 Å². The topological polar surface area (TPSA) is 168 Å². The average Bonchev–Trinajstić information content (AvgIpc) is 1.64. The van der Waals surface area contributed by atoms with E-state index in [2.05, 4.69) is 55.6 Å². The molecule has 93 heavy (non-hydrogen) atoms. The van der Waals surface area contributed by atoms with Crippen LogP contribution >= 0.6 is 0 Å². The van der Waals surface area contributed by atoms with Gasteiger partial charge >= 0.3 is 18.3 Å². The number of halogens is 6. The number of carbonyl (C=O) groups is 8. The van der Waals surface area contributed by atoms with Crippen molar-refractivity contribution in [2.45, 2.75) is 131 Å². The van der Waals surface area contributed by atoms with Gasteiger partial charge in [-0.3, -0.25) is 48.3 Å². The number of para-hydroxylation sites is 1. The monoisotopic (exact) mass is 1280 g/mol. The van der Waals surface area contributed by atoms with Crippen molar-refractivity contribution in [3.63, 3.8) is 0 Å². The van der Waals surface area contributed by atoms with E-state index in [4.69, 9.17) is 4.74 Å². The largest absolute Gasteiger partial charge is 0.423 e. The lowest BCUT2D eigenvalue weighted by atomic mass is 9.86. The Morgan fingerprint density at radius 1 is 0.376 bits per heavy atom. The Morgan fingerprint density at radius 2 is 0.688 bits per heavy atom. The van der Waals surface area contributed by atoms with Gasteiger partial charge in [-0.05, 0) is 194 Å². The molecule has 488 valence electrons. The lowest BCUT2D eigenvalue weighted by Crippen LogP contribution is -2.31. The number of rotatable bonds is 15. The van der Waals surface area contributed by atoms with Gasteiger partial charge in [0.05, 0.1) is 69.3 Å². The number of hydrogen-bond donors (Lipinski definition) is 1. The van der Waals surface area contributed by atoms with Gasteiger partial charge in [0.2, 0.25) is 35.4 Å². The smallest absolute Gasteiger partial charge is 0.416 e. The van der Waals surface area contributed by atoms with E-state index in [0.29, 0.717) is 61.2 Å². The molecule has 1 aliphatic carbocycles. The summed E-state index contributed by atoms with van der Waals surface area (Å²) in [4.78, 5) is 103. The maximum atomic E-state index is 12.6. The third-order valence-electron chi connectivity index (χ3n) is 18.1. The van der Waals surface area contributed by atoms with Crippen LogP contribution in [0.3, 0.4) is 0 Å². The van der Waals surface area contributed by atoms with E-state index >= 15 is 0 Å². The van der Waals surface area contributed by atoms with Crippen molar-refractivity contribution in [1.82, 2.24) is 0 Å². The van der Waals surface area contributed by atoms with Crippen LogP contribution < -0.4 is 24.8 Å². The minimum Gasteiger partial charge on any atom is -0.423 e. The van der Waals surface area contributed by atoms with Crippen LogP contribution in [0.2, 0.25) is 0 Å². The predicted molar refractivity (Wildman–Crippen MR) is 345 cm³/mol. The maximum absolute atomic E-state index is 12.6. The van der Waals surface area contributed by atoms with Gasteiger partial charge in [-0.25, -0.2) is 4.79 Å². The number of benzene rings is 7. The van der Waals surface area contributed by atoms with Gasteiger partial charge in [0, 0.05) is 11.3 Å². The molecule has 7 amide bonds. The summed E-state index contributed by atoms with van der Waals surface area (Å²) in [5.41, 5.74) is 3.76. The Labute approximate surface area is 537 Å². The first kappa shape index (κ1) is 69.6. The number of imide groups is 3. The molecule has 7 aromatic carbocycles. The molecule has 3 aliphatic heterocycles. The first-order valence-corrected chi connectivity index (χ1v) is 31.7. The number of esters is 1. The summed E-state index contributed by atoms with van der Waals surface area (Å²) < 4.78 is 80.6. The molecule has 3 fully saturated rings. The third-order valence-corrected chi connectivity index (χ3v) is 18.1. The van der Waals surface area contributed by atoms with Crippen molar-refractivity contribution in [2.75, 3.05) is 20.0 Å². The van der Waals surface area contributed by atoms with Gasteiger partial charge in [0.15, 0.2) is 0 Å². The molecule has 8 unspecified atom stereocenters. The van der Waals surface area contributed by atoms with Crippen LogP contribution in [0.15, 0.2) is 164 Å². The summed E-state index contributed by atoms with van der Waals surface area (Å²) in [6.07, 6.45) is -2.89. The quantitative estimate of drug-likeness (QED) is 0.0455. The van der Waals surface area contributed by atoms with Crippen molar-refractivity contribution in [3.8, 4) is 5.75 Å². The molecule has 8 atom stereocenters. The first-order chi connectivity index (χ1) is 44.4. The van der Waals surface area contributed by atoms with E-state index in [1.165, 1.54) is 59.5 Å². The molecular weight excluding hydrogens is 1200 g/mol. The lowest BCUT2D eigenvalue weighted by molar-refractivity contribution is -0.138. The van der Waals surface area contributed by atoms with Crippen molar-refractivity contribution >= 4 is 80.8 Å². The number of alkyl halides is 6. The molecule has 3 saturated heterocycles. The van der Waals surface area contributed by atoms with Gasteiger partial charge in [-0.2, -0.15) is 26.3 Å². The molecule has 7 aromatic rings. The van der Waals surface area contributed by atoms with Crippen molar-refractivity contribution < 1.29 is 69.4 Å². The summed E-state index contributed by atoms with van der Waals surface area (Å²) in [6, 6.07) is 43.0. The summed E-state index contributed by atoms with van der Waals surface area (Å²) in [5.74, 6) is -2.84. The van der Waals surface area contributed by atoms with E-state index in [-0.39, 0.29) is 93.9 Å². The Bertz CT molecular complexity index is 3730. The second-order valence-electron chi connectivity index (χ2n) is 23.3. The zero-order chi connectivity index (χ0) is 67.6. The predicted octanol–water partition coefficient (Wildman–Crippen LogP) is 17.2. The standard InChI is InChI=1S/C22H20F3NO4.C21H22N2O3.C16H18.C15H16F3NO2/c1-3-17-18(4-2)20(28)26(19(17)27)15-9-11-16(12-10-15)30-21(29)13-5-7-14(8-6-13)22(23,24)25;1-3-17-18(4-2)21(26)23(20(17)25)16-12-10-14(11-13-16)19(24)22-15-8-6-5-7-9-15;1-3-12-13(4-2)15-10-6-8-11-7-5-9-14(12)16(11)15;1-3-11-12(4-2)14(21)19(13(11)20)10-7-5-9(6-8-10)15(16,17)18/h5-12,17-18H,3-4H2,1-2H3;5-13,17-18H,3-4H2,1-2H3,(H,22,24);5-10,12-13H,3-4H2,1-2H3;5-8,11-12H,3-4H2,1-2H3. The second-order valence-corrected chi connectivity index (χ2v) is 23.3. The normalized spacial score (nSPS) is 20.9. The van der Waals surface area contributed by atoms with Crippen LogP contribution in [0.1, 0.15) is 162 Å². The summed E-state index contributed by atoms with van der Waals surface area (Å²) >= 11 is 0. The Balaban J connectivity index is 0.000000163. The molecule has 4 aliphatic rings. The van der Waals surface area contributed by atoms with Gasteiger partial charge in [0.25, 0.3) is 5.91 Å². The van der Waals surface area contributed by atoms with Crippen LogP contribution in [0.25, 0.3) is 10.8 Å². The fraction of sp³-hybridized carbons (Fsp3) is 0.351. The minimum atomic E-state index is -4.49. The molecule has 19 heteroatoms. The van der Waals surface area contributed by atoms with Gasteiger partial charge in [-0.1, -0.05) is 110 Å². The zero-order valence-electron chi connectivity index (χ0n) is 53.1. The van der Waals surface area contributed by atoms with Gasteiger partial charge in [0.1, 0.15) is 5.75 Å². The molecule has 11 rings (SSSR count). The van der Waals surface area contributed by atoms with Crippen molar-refractivity contribution in [2.24, 2.45) is 35.5 Å². The van der Waals surface area contributed by atoms with Crippen LogP contribution in [-0.4, -0.2) is 47.3 Å². The molecule has 13 nitrogen and oxygen atoms in total. The first-order valence-electron chi connectivity index (χ1n) is 31.7. The van der Waals surface area contributed by atoms with Gasteiger partial charge in [-0.15, -0.1) is 0 Å². The molecule has 0 bridgehead atoms. The maximum Gasteiger partial charge on any atom is 0.416 e. The Morgan fingerprint density at radius 3 is 1.02 bits per heavy atom. The Hall–Kier alpha value is -9.26. The number of carbonyl (C=O) groups excluding carboxylic acids is 8. The lowest BCUT2D eigenvalue weighted by Gasteiger charge is -2.18. The number of nitrogens with zero attached hydrogens (tertiary/aromatic N) is 3. The SMILES string of the molecule is CCC1C(=O)N(c2ccc(C(=O)Nc3ccccc3)cc2)C(=O)C1CC.CCC1C(=O)N(c2ccc(C(F)(F)F)cc2)C(=O)C1CC.CCC1C(=O)N(c2ccc(OC(=O)c3ccc(C(F)(F)F)cc3)cc2)C(=O)C1CC.CCC1c2cccc3cccc(c23)C1CC. The zero-order valence-corrected chi connectivity index (χ0v) is 53.1. The molecule has 0 spiro atoms. The van der Waals surface area contributed by atoms with E-state index in [1.54, 1.807) is 40.8 Å². The number of anilines is 4. The summed E-state index contributed by atoms with van der Waals surface area (Å²) in [7, 11) is 0. The highest BCUT2D eigenvalue weighted by atomic mass is 19.4. The number of amides is 7. The number of ether oxygens (including phenoxy) is 1. The molecule has 3 heterocycles. The minimum absolute atomic E-state index is 0.0337. The van der Waals surface area contributed by atoms with Crippen molar-refractivity contribution in [3.05, 3.63) is 197 Å². The molecule has 1 N–H and O–H groups in total. The average molecular weight is 1280 g/mol. The van der Waals surface area contributed by atoms with Crippen LogP contribution in [0, 0.1) is 35.5 Å². The summed E-state index contributed by atoms with van der Waals surface area (Å²) in [5, 5.41) is 5.78.